The number of ether oxygens (including phenoxy) is 1. The first-order valence-electron chi connectivity index (χ1n) is 9.51. The molecule has 0 bridgehead atoms. The summed E-state index contributed by atoms with van der Waals surface area (Å²) in [6.07, 6.45) is 0. The molecule has 0 fully saturated rings. The number of benzene rings is 2. The molecule has 0 atom stereocenters. The second-order valence-electron chi connectivity index (χ2n) is 7.13. The number of sulfonamides is 1. The van der Waals surface area contributed by atoms with Crippen LogP contribution in [0.5, 0.6) is 5.75 Å². The van der Waals surface area contributed by atoms with Crippen LogP contribution < -0.4 is 15.0 Å². The SMILES string of the molecule is COc1ccc(-c2ccc(=O)n(CCNS(=O)(=O)c3c(C)cc(C)cc3C)n2)cc1. The van der Waals surface area contributed by atoms with Crippen LogP contribution in [-0.2, 0) is 16.6 Å². The summed E-state index contributed by atoms with van der Waals surface area (Å²) in [4.78, 5) is 12.5. The normalized spacial score (nSPS) is 11.5. The summed E-state index contributed by atoms with van der Waals surface area (Å²) in [6, 6.07) is 14.1. The zero-order chi connectivity index (χ0) is 21.9. The number of rotatable bonds is 7. The van der Waals surface area contributed by atoms with E-state index < -0.39 is 10.0 Å². The van der Waals surface area contributed by atoms with Gasteiger partial charge in [0.15, 0.2) is 0 Å². The third-order valence-electron chi connectivity index (χ3n) is 4.74. The second-order valence-corrected chi connectivity index (χ2v) is 8.84. The van der Waals surface area contributed by atoms with Gasteiger partial charge in [0.25, 0.3) is 5.56 Å². The van der Waals surface area contributed by atoms with Crippen molar-refractivity contribution in [3.05, 3.63) is 75.6 Å². The Morgan fingerprint density at radius 2 is 1.63 bits per heavy atom. The van der Waals surface area contributed by atoms with E-state index in [1.165, 1.54) is 10.7 Å². The van der Waals surface area contributed by atoms with Gasteiger partial charge in [-0.25, -0.2) is 17.8 Å². The van der Waals surface area contributed by atoms with Crippen LogP contribution in [0.4, 0.5) is 0 Å². The Morgan fingerprint density at radius 3 is 2.23 bits per heavy atom. The van der Waals surface area contributed by atoms with Crippen LogP contribution in [-0.4, -0.2) is 31.9 Å². The molecule has 1 N–H and O–H groups in total. The van der Waals surface area contributed by atoms with Gasteiger partial charge in [0.05, 0.1) is 24.2 Å². The molecule has 0 aliphatic rings. The smallest absolute Gasteiger partial charge is 0.266 e. The number of hydrogen-bond acceptors (Lipinski definition) is 5. The maximum Gasteiger partial charge on any atom is 0.266 e. The molecule has 1 heterocycles. The molecular formula is C22H25N3O4S. The highest BCUT2D eigenvalue weighted by molar-refractivity contribution is 7.89. The molecule has 0 spiro atoms. The van der Waals surface area contributed by atoms with Gasteiger partial charge in [0, 0.05) is 18.2 Å². The Hall–Kier alpha value is -2.97. The molecule has 158 valence electrons. The first-order valence-corrected chi connectivity index (χ1v) is 11.0. The zero-order valence-corrected chi connectivity index (χ0v) is 18.3. The van der Waals surface area contributed by atoms with Crippen molar-refractivity contribution >= 4 is 10.0 Å². The molecule has 8 heteroatoms. The van der Waals surface area contributed by atoms with E-state index in [-0.39, 0.29) is 23.5 Å². The maximum absolute atomic E-state index is 12.8. The molecular weight excluding hydrogens is 402 g/mol. The second kappa shape index (κ2) is 8.81. The molecule has 0 saturated carbocycles. The van der Waals surface area contributed by atoms with Gasteiger partial charge >= 0.3 is 0 Å². The van der Waals surface area contributed by atoms with Crippen LogP contribution in [0.2, 0.25) is 0 Å². The van der Waals surface area contributed by atoms with Crippen LogP contribution in [0, 0.1) is 20.8 Å². The monoisotopic (exact) mass is 427 g/mol. The number of hydrogen-bond donors (Lipinski definition) is 1. The van der Waals surface area contributed by atoms with E-state index in [1.807, 2.05) is 43.3 Å². The molecule has 0 radical (unpaired) electrons. The number of methoxy groups -OCH3 is 1. The molecule has 30 heavy (non-hydrogen) atoms. The number of nitrogens with zero attached hydrogens (tertiary/aromatic N) is 2. The lowest BCUT2D eigenvalue weighted by atomic mass is 10.1. The molecule has 0 aliphatic heterocycles. The standard InChI is InChI=1S/C22H25N3O4S/c1-15-13-16(2)22(17(3)14-15)30(27,28)23-11-12-25-21(26)10-9-20(24-25)18-5-7-19(29-4)8-6-18/h5-10,13-14,23H,11-12H2,1-4H3. The van der Waals surface area contributed by atoms with Crippen molar-refractivity contribution < 1.29 is 13.2 Å². The fraction of sp³-hybridized carbons (Fsp3) is 0.273. The first-order chi connectivity index (χ1) is 14.2. The Labute approximate surface area is 176 Å². The van der Waals surface area contributed by atoms with Gasteiger partial charge in [-0.1, -0.05) is 17.7 Å². The van der Waals surface area contributed by atoms with Crippen LogP contribution in [0.25, 0.3) is 11.3 Å². The largest absolute Gasteiger partial charge is 0.497 e. The molecule has 1 aromatic heterocycles. The summed E-state index contributed by atoms with van der Waals surface area (Å²) < 4.78 is 34.6. The van der Waals surface area contributed by atoms with Crippen LogP contribution in [0.3, 0.4) is 0 Å². The van der Waals surface area contributed by atoms with Crippen molar-refractivity contribution in [2.24, 2.45) is 0 Å². The van der Waals surface area contributed by atoms with Crippen molar-refractivity contribution in [1.82, 2.24) is 14.5 Å². The zero-order valence-electron chi connectivity index (χ0n) is 17.5. The highest BCUT2D eigenvalue weighted by atomic mass is 32.2. The van der Waals surface area contributed by atoms with Gasteiger partial charge in [0.1, 0.15) is 5.75 Å². The number of nitrogens with one attached hydrogen (secondary N) is 1. The quantitative estimate of drug-likeness (QED) is 0.626. The highest BCUT2D eigenvalue weighted by Gasteiger charge is 2.19. The Balaban J connectivity index is 1.77. The first kappa shape index (κ1) is 21.7. The molecule has 3 rings (SSSR count). The van der Waals surface area contributed by atoms with Gasteiger partial charge < -0.3 is 4.74 Å². The predicted octanol–water partition coefficient (Wildman–Crippen LogP) is 2.82. The van der Waals surface area contributed by atoms with Crippen molar-refractivity contribution in [2.75, 3.05) is 13.7 Å². The minimum Gasteiger partial charge on any atom is -0.497 e. The molecule has 0 saturated heterocycles. The summed E-state index contributed by atoms with van der Waals surface area (Å²) in [5, 5.41) is 4.37. The molecule has 0 aliphatic carbocycles. The average molecular weight is 428 g/mol. The highest BCUT2D eigenvalue weighted by Crippen LogP contribution is 2.22. The third kappa shape index (κ3) is 4.77. The van der Waals surface area contributed by atoms with Gasteiger partial charge in [-0.3, -0.25) is 4.79 Å². The fourth-order valence-corrected chi connectivity index (χ4v) is 4.94. The Morgan fingerprint density at radius 1 is 1.00 bits per heavy atom. The van der Waals surface area contributed by atoms with E-state index >= 15 is 0 Å². The summed E-state index contributed by atoms with van der Waals surface area (Å²) in [5.74, 6) is 0.725. The summed E-state index contributed by atoms with van der Waals surface area (Å²) in [5.41, 5.74) is 3.54. The van der Waals surface area contributed by atoms with E-state index in [0.717, 1.165) is 16.9 Å². The van der Waals surface area contributed by atoms with Gasteiger partial charge in [0.2, 0.25) is 10.0 Å². The molecule has 7 nitrogen and oxygen atoms in total. The Kier molecular flexibility index (Phi) is 6.38. The predicted molar refractivity (Wildman–Crippen MR) is 116 cm³/mol. The van der Waals surface area contributed by atoms with Crippen molar-refractivity contribution in [3.63, 3.8) is 0 Å². The minimum atomic E-state index is -3.70. The van der Waals surface area contributed by atoms with Crippen LogP contribution in [0.1, 0.15) is 16.7 Å². The summed E-state index contributed by atoms with van der Waals surface area (Å²) in [7, 11) is -2.11. The minimum absolute atomic E-state index is 0.0497. The molecule has 0 amide bonds. The van der Waals surface area contributed by atoms with Gasteiger partial charge in [-0.2, -0.15) is 5.10 Å². The van der Waals surface area contributed by atoms with Crippen LogP contribution in [0.15, 0.2) is 58.2 Å². The van der Waals surface area contributed by atoms with Gasteiger partial charge in [-0.15, -0.1) is 0 Å². The van der Waals surface area contributed by atoms with Crippen molar-refractivity contribution in [2.45, 2.75) is 32.2 Å². The van der Waals surface area contributed by atoms with E-state index in [4.69, 9.17) is 4.74 Å². The summed E-state index contributed by atoms with van der Waals surface area (Å²) >= 11 is 0. The van der Waals surface area contributed by atoms with Crippen molar-refractivity contribution in [3.8, 4) is 17.0 Å². The average Bonchev–Trinajstić information content (AvgIpc) is 2.68. The van der Waals surface area contributed by atoms with E-state index in [9.17, 15) is 13.2 Å². The Bertz CT molecular complexity index is 1190. The maximum atomic E-state index is 12.8. The van der Waals surface area contributed by atoms with Crippen LogP contribution >= 0.6 is 0 Å². The third-order valence-corrected chi connectivity index (χ3v) is 6.51. The van der Waals surface area contributed by atoms with E-state index in [2.05, 4.69) is 9.82 Å². The lowest BCUT2D eigenvalue weighted by molar-refractivity contribution is 0.415. The molecule has 2 aromatic carbocycles. The van der Waals surface area contributed by atoms with E-state index in [1.54, 1.807) is 27.0 Å². The lowest BCUT2D eigenvalue weighted by Gasteiger charge is -2.13. The fourth-order valence-electron chi connectivity index (χ4n) is 3.47. The number of aromatic nitrogens is 2. The number of aryl methyl sites for hydroxylation is 3. The lowest BCUT2D eigenvalue weighted by Crippen LogP contribution is -2.32. The molecule has 0 unspecified atom stereocenters. The molecule has 3 aromatic rings. The van der Waals surface area contributed by atoms with Gasteiger partial charge in [-0.05, 0) is 62.2 Å². The topological polar surface area (TPSA) is 90.3 Å². The van der Waals surface area contributed by atoms with E-state index in [0.29, 0.717) is 16.8 Å². The van der Waals surface area contributed by atoms with Crippen molar-refractivity contribution in [1.29, 1.82) is 0 Å². The summed E-state index contributed by atoms with van der Waals surface area (Å²) in [6.45, 7) is 5.65.